The summed E-state index contributed by atoms with van der Waals surface area (Å²) >= 11 is 0. The zero-order valence-electron chi connectivity index (χ0n) is 29.1. The van der Waals surface area contributed by atoms with Crippen LogP contribution >= 0.6 is 0 Å². The number of fused-ring (bicyclic) bond motifs is 5. The molecule has 0 aromatic heterocycles. The van der Waals surface area contributed by atoms with Gasteiger partial charge in [0, 0.05) is 17.1 Å². The average molecular weight is 664 g/mol. The van der Waals surface area contributed by atoms with Crippen molar-refractivity contribution in [2.75, 3.05) is 4.90 Å². The third-order valence-electron chi connectivity index (χ3n) is 10.2. The van der Waals surface area contributed by atoms with Gasteiger partial charge in [-0.25, -0.2) is 0 Å². The number of para-hydroxylation sites is 1. The number of hydrogen-bond donors (Lipinski definition) is 0. The van der Waals surface area contributed by atoms with E-state index >= 15 is 0 Å². The first-order valence-corrected chi connectivity index (χ1v) is 17.9. The second-order valence-corrected chi connectivity index (χ2v) is 13.4. The molecule has 0 heterocycles. The summed E-state index contributed by atoms with van der Waals surface area (Å²) in [6, 6.07) is 72.3. The summed E-state index contributed by atoms with van der Waals surface area (Å²) in [5.74, 6) is 0. The fourth-order valence-electron chi connectivity index (χ4n) is 7.61. The van der Waals surface area contributed by atoms with Crippen LogP contribution in [0.15, 0.2) is 200 Å². The molecule has 0 aliphatic rings. The molecule has 0 amide bonds. The Balaban J connectivity index is 1.13. The van der Waals surface area contributed by atoms with Crippen molar-refractivity contribution in [2.24, 2.45) is 0 Å². The van der Waals surface area contributed by atoms with Crippen molar-refractivity contribution in [1.29, 1.82) is 0 Å². The second kappa shape index (κ2) is 13.5. The summed E-state index contributed by atoms with van der Waals surface area (Å²) in [5, 5.41) is 7.67. The Kier molecular flexibility index (Phi) is 8.15. The summed E-state index contributed by atoms with van der Waals surface area (Å²) in [5.41, 5.74) is 11.8. The molecule has 52 heavy (non-hydrogen) atoms. The standard InChI is InChI=1S/C51H37N/c1-36-14-8-10-20-44(36)49(34-37-15-4-2-5-16-37)39-24-29-42(30-25-39)52(41-18-6-3-7-19-41)43-31-26-40(27-32-43)50-35-51-45-21-11-9-17-38(45)28-33-48(51)46-22-12-13-23-47(46)50/h2-35H,1H3/b49-34-. The van der Waals surface area contributed by atoms with Crippen LogP contribution in [0.1, 0.15) is 22.3 Å². The first-order valence-electron chi connectivity index (χ1n) is 17.9. The number of anilines is 3. The predicted molar refractivity (Wildman–Crippen MR) is 224 cm³/mol. The van der Waals surface area contributed by atoms with E-state index in [1.165, 1.54) is 71.3 Å². The van der Waals surface area contributed by atoms with Crippen LogP contribution in [0.25, 0.3) is 55.1 Å². The highest BCUT2D eigenvalue weighted by Crippen LogP contribution is 2.41. The van der Waals surface area contributed by atoms with Crippen LogP contribution in [0, 0.1) is 6.92 Å². The molecule has 0 aliphatic heterocycles. The zero-order chi connectivity index (χ0) is 34.9. The molecule has 0 bridgehead atoms. The maximum Gasteiger partial charge on any atom is 0.0462 e. The van der Waals surface area contributed by atoms with Gasteiger partial charge in [-0.15, -0.1) is 0 Å². The summed E-state index contributed by atoms with van der Waals surface area (Å²) in [7, 11) is 0. The van der Waals surface area contributed by atoms with E-state index in [2.05, 4.69) is 218 Å². The number of nitrogens with zero attached hydrogens (tertiary/aromatic N) is 1. The van der Waals surface area contributed by atoms with Crippen LogP contribution < -0.4 is 4.90 Å². The molecule has 0 spiro atoms. The van der Waals surface area contributed by atoms with Crippen molar-refractivity contribution in [2.45, 2.75) is 6.92 Å². The third kappa shape index (κ3) is 5.83. The molecule has 1 nitrogen and oxygen atoms in total. The van der Waals surface area contributed by atoms with E-state index < -0.39 is 0 Å². The van der Waals surface area contributed by atoms with E-state index in [0.29, 0.717) is 0 Å². The summed E-state index contributed by atoms with van der Waals surface area (Å²) < 4.78 is 0. The molecule has 0 aliphatic carbocycles. The molecular formula is C51H37N. The normalized spacial score (nSPS) is 11.7. The largest absolute Gasteiger partial charge is 0.311 e. The Labute approximate surface area is 305 Å². The van der Waals surface area contributed by atoms with Crippen LogP contribution in [0.2, 0.25) is 0 Å². The van der Waals surface area contributed by atoms with E-state index in [0.717, 1.165) is 17.1 Å². The molecule has 0 saturated carbocycles. The van der Waals surface area contributed by atoms with Crippen LogP contribution in [-0.2, 0) is 0 Å². The van der Waals surface area contributed by atoms with Crippen LogP contribution in [0.4, 0.5) is 17.1 Å². The van der Waals surface area contributed by atoms with Gasteiger partial charge < -0.3 is 4.90 Å². The number of rotatable bonds is 7. The highest BCUT2D eigenvalue weighted by molar-refractivity contribution is 6.21. The van der Waals surface area contributed by atoms with Crippen LogP contribution in [0.5, 0.6) is 0 Å². The maximum atomic E-state index is 2.39. The highest BCUT2D eigenvalue weighted by atomic mass is 15.1. The van der Waals surface area contributed by atoms with Gasteiger partial charge >= 0.3 is 0 Å². The zero-order valence-corrected chi connectivity index (χ0v) is 29.1. The summed E-state index contributed by atoms with van der Waals surface area (Å²) in [6.45, 7) is 2.19. The van der Waals surface area contributed by atoms with Crippen LogP contribution in [-0.4, -0.2) is 0 Å². The Morgan fingerprint density at radius 2 is 0.981 bits per heavy atom. The van der Waals surface area contributed by atoms with Gasteiger partial charge in [-0.2, -0.15) is 0 Å². The smallest absolute Gasteiger partial charge is 0.0462 e. The molecule has 0 saturated heterocycles. The van der Waals surface area contributed by atoms with E-state index in [-0.39, 0.29) is 0 Å². The van der Waals surface area contributed by atoms with Gasteiger partial charge in [-0.1, -0.05) is 158 Å². The highest BCUT2D eigenvalue weighted by Gasteiger charge is 2.16. The lowest BCUT2D eigenvalue weighted by Crippen LogP contribution is -2.09. The lowest BCUT2D eigenvalue weighted by molar-refractivity contribution is 1.28. The SMILES string of the molecule is Cc1ccccc1/C(=C\c1ccccc1)c1ccc(N(c2ccccc2)c2ccc(-c3cc4c5ccccc5ccc4c4ccccc34)cc2)cc1. The summed E-state index contributed by atoms with van der Waals surface area (Å²) in [4.78, 5) is 2.34. The van der Waals surface area contributed by atoms with Gasteiger partial charge in [0.15, 0.2) is 0 Å². The minimum Gasteiger partial charge on any atom is -0.311 e. The first kappa shape index (κ1) is 31.3. The van der Waals surface area contributed by atoms with Crippen molar-refractivity contribution in [3.05, 3.63) is 222 Å². The lowest BCUT2D eigenvalue weighted by Gasteiger charge is -2.26. The lowest BCUT2D eigenvalue weighted by atomic mass is 9.91. The van der Waals surface area contributed by atoms with Gasteiger partial charge in [0.2, 0.25) is 0 Å². The Hall–Kier alpha value is -6.70. The monoisotopic (exact) mass is 663 g/mol. The van der Waals surface area contributed by atoms with E-state index in [1.807, 2.05) is 0 Å². The number of aryl methyl sites for hydroxylation is 1. The van der Waals surface area contributed by atoms with Crippen molar-refractivity contribution in [3.8, 4) is 11.1 Å². The number of hydrogen-bond acceptors (Lipinski definition) is 1. The van der Waals surface area contributed by atoms with Crippen LogP contribution in [0.3, 0.4) is 0 Å². The minimum atomic E-state index is 1.11. The molecule has 246 valence electrons. The topological polar surface area (TPSA) is 3.24 Å². The maximum absolute atomic E-state index is 2.39. The predicted octanol–water partition coefficient (Wildman–Crippen LogP) is 14.2. The molecule has 9 aromatic carbocycles. The average Bonchev–Trinajstić information content (AvgIpc) is 3.21. The van der Waals surface area contributed by atoms with E-state index in [4.69, 9.17) is 0 Å². The summed E-state index contributed by atoms with van der Waals surface area (Å²) in [6.07, 6.45) is 2.30. The molecule has 9 aromatic rings. The first-order chi connectivity index (χ1) is 25.7. The molecule has 0 N–H and O–H groups in total. The Morgan fingerprint density at radius 3 is 1.71 bits per heavy atom. The van der Waals surface area contributed by atoms with Gasteiger partial charge in [0.05, 0.1) is 0 Å². The van der Waals surface area contributed by atoms with Gasteiger partial charge in [0.1, 0.15) is 0 Å². The number of benzene rings is 9. The van der Waals surface area contributed by atoms with Gasteiger partial charge in [0.25, 0.3) is 0 Å². The molecule has 0 fully saturated rings. The second-order valence-electron chi connectivity index (χ2n) is 13.4. The van der Waals surface area contributed by atoms with E-state index in [1.54, 1.807) is 0 Å². The molecule has 1 heteroatoms. The fourth-order valence-corrected chi connectivity index (χ4v) is 7.61. The van der Waals surface area contributed by atoms with Crippen molar-refractivity contribution in [1.82, 2.24) is 0 Å². The quantitative estimate of drug-likeness (QED) is 0.121. The minimum absolute atomic E-state index is 1.11. The molecule has 0 radical (unpaired) electrons. The third-order valence-corrected chi connectivity index (χ3v) is 10.2. The van der Waals surface area contributed by atoms with Gasteiger partial charge in [-0.05, 0) is 127 Å². The van der Waals surface area contributed by atoms with Crippen molar-refractivity contribution >= 4 is 61.0 Å². The Bertz CT molecular complexity index is 2710. The Morgan fingerprint density at radius 1 is 0.423 bits per heavy atom. The molecular weight excluding hydrogens is 627 g/mol. The van der Waals surface area contributed by atoms with Crippen molar-refractivity contribution in [3.63, 3.8) is 0 Å². The van der Waals surface area contributed by atoms with Gasteiger partial charge in [-0.3, -0.25) is 0 Å². The molecule has 0 unspecified atom stereocenters. The molecule has 9 rings (SSSR count). The fraction of sp³-hybridized carbons (Fsp3) is 0.0196. The molecule has 0 atom stereocenters. The van der Waals surface area contributed by atoms with E-state index in [9.17, 15) is 0 Å². The van der Waals surface area contributed by atoms with Crippen molar-refractivity contribution < 1.29 is 0 Å².